The minimum Gasteiger partial charge on any atom is -0.493 e. The summed E-state index contributed by atoms with van der Waals surface area (Å²) in [6, 6.07) is 11.2. The van der Waals surface area contributed by atoms with Gasteiger partial charge in [-0.25, -0.2) is 4.68 Å². The average molecular weight is 409 g/mol. The van der Waals surface area contributed by atoms with Crippen LogP contribution in [0.3, 0.4) is 0 Å². The lowest BCUT2D eigenvalue weighted by Gasteiger charge is -2.35. The molecule has 0 radical (unpaired) electrons. The summed E-state index contributed by atoms with van der Waals surface area (Å²) in [5.74, 6) is 1.99. The van der Waals surface area contributed by atoms with Crippen LogP contribution in [-0.2, 0) is 17.9 Å². The van der Waals surface area contributed by atoms with E-state index in [4.69, 9.17) is 14.2 Å². The van der Waals surface area contributed by atoms with Crippen LogP contribution in [0, 0.1) is 6.92 Å². The van der Waals surface area contributed by atoms with E-state index in [0.29, 0.717) is 29.6 Å². The van der Waals surface area contributed by atoms with Gasteiger partial charge in [-0.05, 0) is 40.6 Å². The van der Waals surface area contributed by atoms with Gasteiger partial charge in [0.1, 0.15) is 12.6 Å². The van der Waals surface area contributed by atoms with E-state index >= 15 is 0 Å². The number of carbonyl (C=O) groups excluding carboxylic acids is 1. The van der Waals surface area contributed by atoms with E-state index in [-0.39, 0.29) is 12.5 Å². The number of fused-ring (bicyclic) bond motifs is 1. The number of hydrogen-bond acceptors (Lipinski definition) is 7. The fourth-order valence-corrected chi connectivity index (χ4v) is 3.68. The van der Waals surface area contributed by atoms with Gasteiger partial charge in [0.25, 0.3) is 0 Å². The zero-order valence-corrected chi connectivity index (χ0v) is 17.3. The zero-order chi connectivity index (χ0) is 21.3. The lowest BCUT2D eigenvalue weighted by molar-refractivity contribution is -0.136. The predicted octanol–water partition coefficient (Wildman–Crippen LogP) is 2.14. The smallest absolute Gasteiger partial charge is 0.245 e. The molecule has 9 nitrogen and oxygen atoms in total. The fraction of sp³-hybridized carbons (Fsp3) is 0.333. The standard InChI is InChI=1S/C21H23N5O4/c1-13-5-7-14(8-6-13)11-25-18(27)12-26-21(22-23-24-26)19(25)15-9-16(28-2)20(30-4)17(10-15)29-3/h5-10,19H,11-12H2,1-4H3/t19-/m1/s1. The van der Waals surface area contributed by atoms with Crippen molar-refractivity contribution < 1.29 is 19.0 Å². The number of rotatable bonds is 6. The van der Waals surface area contributed by atoms with E-state index in [0.717, 1.165) is 16.7 Å². The maximum absolute atomic E-state index is 13.1. The Morgan fingerprint density at radius 1 is 1.03 bits per heavy atom. The van der Waals surface area contributed by atoms with Crippen LogP contribution in [-0.4, -0.2) is 52.3 Å². The number of nitrogens with zero attached hydrogens (tertiary/aromatic N) is 5. The van der Waals surface area contributed by atoms with Crippen molar-refractivity contribution in [3.63, 3.8) is 0 Å². The van der Waals surface area contributed by atoms with Crippen molar-refractivity contribution in [2.24, 2.45) is 0 Å². The van der Waals surface area contributed by atoms with Crippen LogP contribution >= 0.6 is 0 Å². The van der Waals surface area contributed by atoms with Gasteiger partial charge in [0.05, 0.1) is 21.3 Å². The summed E-state index contributed by atoms with van der Waals surface area (Å²) in [4.78, 5) is 14.8. The lowest BCUT2D eigenvalue weighted by Crippen LogP contribution is -2.43. The Kier molecular flexibility index (Phi) is 5.26. The van der Waals surface area contributed by atoms with Gasteiger partial charge in [-0.2, -0.15) is 0 Å². The third-order valence-electron chi connectivity index (χ3n) is 5.20. The van der Waals surface area contributed by atoms with E-state index in [9.17, 15) is 4.79 Å². The second-order valence-corrected chi connectivity index (χ2v) is 7.06. The number of ether oxygens (including phenoxy) is 3. The molecule has 0 saturated carbocycles. The summed E-state index contributed by atoms with van der Waals surface area (Å²) in [6.45, 7) is 2.55. The number of benzene rings is 2. The summed E-state index contributed by atoms with van der Waals surface area (Å²) >= 11 is 0. The average Bonchev–Trinajstić information content (AvgIpc) is 3.22. The van der Waals surface area contributed by atoms with Crippen molar-refractivity contribution in [1.82, 2.24) is 25.1 Å². The first-order valence-corrected chi connectivity index (χ1v) is 9.46. The molecular weight excluding hydrogens is 386 g/mol. The molecule has 0 unspecified atom stereocenters. The highest BCUT2D eigenvalue weighted by Crippen LogP contribution is 2.42. The van der Waals surface area contributed by atoms with Crippen LogP contribution in [0.2, 0.25) is 0 Å². The largest absolute Gasteiger partial charge is 0.493 e. The number of aromatic nitrogens is 4. The summed E-state index contributed by atoms with van der Waals surface area (Å²) in [5.41, 5.74) is 2.95. The topological polar surface area (TPSA) is 91.6 Å². The molecule has 0 bridgehead atoms. The fourth-order valence-electron chi connectivity index (χ4n) is 3.68. The molecule has 3 aromatic rings. The van der Waals surface area contributed by atoms with Crippen LogP contribution in [0.25, 0.3) is 0 Å². The first kappa shape index (κ1) is 19.7. The Balaban J connectivity index is 1.83. The molecule has 9 heteroatoms. The minimum atomic E-state index is -0.503. The van der Waals surface area contributed by atoms with E-state index in [1.807, 2.05) is 43.3 Å². The third-order valence-corrected chi connectivity index (χ3v) is 5.20. The van der Waals surface area contributed by atoms with Gasteiger partial charge in [0.15, 0.2) is 17.3 Å². The van der Waals surface area contributed by atoms with Crippen LogP contribution in [0.5, 0.6) is 17.2 Å². The normalized spacial score (nSPS) is 15.7. The maximum Gasteiger partial charge on any atom is 0.245 e. The number of carbonyl (C=O) groups is 1. The van der Waals surface area contributed by atoms with Gasteiger partial charge in [-0.15, -0.1) is 5.10 Å². The van der Waals surface area contributed by atoms with E-state index in [2.05, 4.69) is 15.5 Å². The van der Waals surface area contributed by atoms with Crippen LogP contribution in [0.4, 0.5) is 0 Å². The number of amides is 1. The molecule has 0 fully saturated rings. The molecule has 1 amide bonds. The number of hydrogen-bond donors (Lipinski definition) is 0. The molecule has 1 aliphatic heterocycles. The lowest BCUT2D eigenvalue weighted by atomic mass is 10.00. The Labute approximate surface area is 174 Å². The molecule has 0 spiro atoms. The van der Waals surface area contributed by atoms with E-state index < -0.39 is 6.04 Å². The summed E-state index contributed by atoms with van der Waals surface area (Å²) in [5, 5.41) is 12.0. The molecule has 156 valence electrons. The van der Waals surface area contributed by atoms with E-state index in [1.165, 1.54) is 4.68 Å². The molecule has 1 atom stereocenters. The third kappa shape index (κ3) is 3.42. The SMILES string of the molecule is COc1cc([C@@H]2c3nnnn3CC(=O)N2Cc2ccc(C)cc2)cc(OC)c1OC. The highest BCUT2D eigenvalue weighted by atomic mass is 16.5. The summed E-state index contributed by atoms with van der Waals surface area (Å²) < 4.78 is 18.0. The summed E-state index contributed by atoms with van der Waals surface area (Å²) in [6.07, 6.45) is 0. The number of aryl methyl sites for hydroxylation is 1. The second-order valence-electron chi connectivity index (χ2n) is 7.06. The molecular formula is C21H23N5O4. The molecule has 1 aromatic heterocycles. The Morgan fingerprint density at radius 2 is 1.70 bits per heavy atom. The minimum absolute atomic E-state index is 0.0749. The number of tetrazole rings is 1. The van der Waals surface area contributed by atoms with Crippen LogP contribution in [0.15, 0.2) is 36.4 Å². The molecule has 30 heavy (non-hydrogen) atoms. The van der Waals surface area contributed by atoms with Gasteiger partial charge in [0, 0.05) is 6.54 Å². The van der Waals surface area contributed by atoms with Crippen LogP contribution < -0.4 is 14.2 Å². The summed E-state index contributed by atoms with van der Waals surface area (Å²) in [7, 11) is 4.66. The van der Waals surface area contributed by atoms with Crippen molar-refractivity contribution in [2.45, 2.75) is 26.1 Å². The van der Waals surface area contributed by atoms with Gasteiger partial charge in [0.2, 0.25) is 11.7 Å². The van der Waals surface area contributed by atoms with E-state index in [1.54, 1.807) is 26.2 Å². The molecule has 4 rings (SSSR count). The van der Waals surface area contributed by atoms with Gasteiger partial charge in [-0.1, -0.05) is 29.8 Å². The Morgan fingerprint density at radius 3 is 2.30 bits per heavy atom. The second kappa shape index (κ2) is 8.02. The van der Waals surface area contributed by atoms with Crippen molar-refractivity contribution in [3.8, 4) is 17.2 Å². The predicted molar refractivity (Wildman–Crippen MR) is 107 cm³/mol. The van der Waals surface area contributed by atoms with Crippen molar-refractivity contribution in [1.29, 1.82) is 0 Å². The zero-order valence-electron chi connectivity index (χ0n) is 17.3. The molecule has 1 aliphatic rings. The number of methoxy groups -OCH3 is 3. The highest BCUT2D eigenvalue weighted by Gasteiger charge is 2.37. The van der Waals surface area contributed by atoms with Gasteiger partial charge < -0.3 is 19.1 Å². The van der Waals surface area contributed by atoms with Crippen molar-refractivity contribution in [2.75, 3.05) is 21.3 Å². The van der Waals surface area contributed by atoms with Crippen molar-refractivity contribution >= 4 is 5.91 Å². The molecule has 0 N–H and O–H groups in total. The molecule has 0 aliphatic carbocycles. The maximum atomic E-state index is 13.1. The molecule has 0 saturated heterocycles. The quantitative estimate of drug-likeness (QED) is 0.616. The Hall–Kier alpha value is -3.62. The first-order valence-electron chi connectivity index (χ1n) is 9.46. The molecule has 2 heterocycles. The highest BCUT2D eigenvalue weighted by molar-refractivity contribution is 5.78. The van der Waals surface area contributed by atoms with Crippen LogP contribution in [0.1, 0.15) is 28.6 Å². The van der Waals surface area contributed by atoms with Gasteiger partial charge >= 0.3 is 0 Å². The first-order chi connectivity index (χ1) is 14.5. The Bertz CT molecular complexity index is 1040. The monoisotopic (exact) mass is 409 g/mol. The van der Waals surface area contributed by atoms with Gasteiger partial charge in [-0.3, -0.25) is 4.79 Å². The molecule has 2 aromatic carbocycles. The van der Waals surface area contributed by atoms with Crippen molar-refractivity contribution in [3.05, 3.63) is 58.9 Å².